The minimum absolute atomic E-state index is 0.504. The minimum atomic E-state index is 0.504. The Balaban J connectivity index is 2.08. The van der Waals surface area contributed by atoms with Gasteiger partial charge in [-0.1, -0.05) is 13.8 Å². The number of hydrogen-bond acceptors (Lipinski definition) is 3. The van der Waals surface area contributed by atoms with Crippen LogP contribution in [-0.4, -0.2) is 29.1 Å². The van der Waals surface area contributed by atoms with Crippen LogP contribution >= 0.6 is 0 Å². The quantitative estimate of drug-likeness (QED) is 0.809. The molecule has 0 radical (unpaired) electrons. The summed E-state index contributed by atoms with van der Waals surface area (Å²) in [6.07, 6.45) is 5.19. The fourth-order valence-corrected chi connectivity index (χ4v) is 3.14. The highest BCUT2D eigenvalue weighted by atomic mass is 16.5. The number of aromatic nitrogens is 2. The fraction of sp³-hybridized carbons (Fsp3) is 0.529. The second kappa shape index (κ2) is 5.98. The molecule has 2 aromatic heterocycles. The van der Waals surface area contributed by atoms with E-state index in [1.54, 1.807) is 0 Å². The highest BCUT2D eigenvalue weighted by molar-refractivity contribution is 5.85. The Hall–Kier alpha value is -1.68. The van der Waals surface area contributed by atoms with Crippen LogP contribution in [0.3, 0.4) is 0 Å². The van der Waals surface area contributed by atoms with Crippen molar-refractivity contribution in [1.82, 2.24) is 9.55 Å². The molecule has 0 amide bonds. The summed E-state index contributed by atoms with van der Waals surface area (Å²) in [7, 11) is 0. The molecule has 1 aliphatic heterocycles. The van der Waals surface area contributed by atoms with Crippen molar-refractivity contribution in [2.45, 2.75) is 39.2 Å². The lowest BCUT2D eigenvalue weighted by atomic mass is 9.92. The third-order valence-corrected chi connectivity index (χ3v) is 4.12. The maximum atomic E-state index is 11.0. The summed E-state index contributed by atoms with van der Waals surface area (Å²) in [5.41, 5.74) is 2.80. The number of hydrogen-bond donors (Lipinski definition) is 0. The van der Waals surface area contributed by atoms with Gasteiger partial charge in [0.25, 0.3) is 0 Å². The second-order valence-corrected chi connectivity index (χ2v) is 6.24. The van der Waals surface area contributed by atoms with Gasteiger partial charge in [0.05, 0.1) is 0 Å². The van der Waals surface area contributed by atoms with Gasteiger partial charge in [-0.2, -0.15) is 0 Å². The molecular weight excluding hydrogens is 264 g/mol. The lowest BCUT2D eigenvalue weighted by Gasteiger charge is -2.21. The largest absolute Gasteiger partial charge is 0.381 e. The van der Waals surface area contributed by atoms with Crippen LogP contribution in [-0.2, 0) is 11.3 Å². The molecule has 0 aromatic carbocycles. The van der Waals surface area contributed by atoms with Crippen LogP contribution in [0.2, 0.25) is 0 Å². The fourth-order valence-electron chi connectivity index (χ4n) is 3.14. The van der Waals surface area contributed by atoms with E-state index < -0.39 is 0 Å². The van der Waals surface area contributed by atoms with Gasteiger partial charge in [0.1, 0.15) is 11.3 Å². The number of pyridine rings is 1. The number of aldehydes is 1. The Labute approximate surface area is 125 Å². The van der Waals surface area contributed by atoms with Crippen molar-refractivity contribution in [2.75, 3.05) is 13.2 Å². The van der Waals surface area contributed by atoms with Gasteiger partial charge in [0.2, 0.25) is 0 Å². The highest BCUT2D eigenvalue weighted by Crippen LogP contribution is 2.33. The Kier molecular flexibility index (Phi) is 4.06. The summed E-state index contributed by atoms with van der Waals surface area (Å²) >= 11 is 0. The van der Waals surface area contributed by atoms with E-state index in [4.69, 9.17) is 4.74 Å². The summed E-state index contributed by atoms with van der Waals surface area (Å²) in [6, 6.07) is 3.87. The molecule has 1 aliphatic rings. The maximum absolute atomic E-state index is 11.0. The second-order valence-electron chi connectivity index (χ2n) is 6.24. The molecule has 0 unspecified atom stereocenters. The first kappa shape index (κ1) is 14.3. The molecule has 4 nitrogen and oxygen atoms in total. The molecule has 2 aromatic rings. The molecule has 0 bridgehead atoms. The van der Waals surface area contributed by atoms with Gasteiger partial charge >= 0.3 is 0 Å². The molecule has 1 fully saturated rings. The van der Waals surface area contributed by atoms with Crippen LogP contribution in [0.1, 0.15) is 48.7 Å². The lowest BCUT2D eigenvalue weighted by molar-refractivity contribution is 0.0855. The van der Waals surface area contributed by atoms with Gasteiger partial charge < -0.3 is 9.30 Å². The SMILES string of the molecule is CC(C)Cn1cc(C2CCOCC2)c2ccc(C=O)nc21. The number of rotatable bonds is 4. The van der Waals surface area contributed by atoms with E-state index in [1.165, 1.54) is 10.9 Å². The van der Waals surface area contributed by atoms with Crippen molar-refractivity contribution in [3.8, 4) is 0 Å². The number of carbonyl (C=O) groups excluding carboxylic acids is 1. The molecule has 4 heteroatoms. The monoisotopic (exact) mass is 286 g/mol. The first-order chi connectivity index (χ1) is 10.2. The van der Waals surface area contributed by atoms with Gasteiger partial charge in [0, 0.05) is 31.3 Å². The highest BCUT2D eigenvalue weighted by Gasteiger charge is 2.21. The van der Waals surface area contributed by atoms with E-state index in [2.05, 4.69) is 29.6 Å². The van der Waals surface area contributed by atoms with E-state index in [0.29, 0.717) is 17.5 Å². The molecule has 112 valence electrons. The summed E-state index contributed by atoms with van der Waals surface area (Å²) in [4.78, 5) is 15.5. The van der Waals surface area contributed by atoms with E-state index in [0.717, 1.165) is 44.5 Å². The van der Waals surface area contributed by atoms with E-state index in [-0.39, 0.29) is 0 Å². The molecule has 3 rings (SSSR count). The Morgan fingerprint density at radius 3 is 2.81 bits per heavy atom. The van der Waals surface area contributed by atoms with Gasteiger partial charge in [0.15, 0.2) is 6.29 Å². The molecule has 1 saturated heterocycles. The van der Waals surface area contributed by atoms with Crippen molar-refractivity contribution < 1.29 is 9.53 Å². The standard InChI is InChI=1S/C17H22N2O2/c1-12(2)9-19-10-16(13-5-7-21-8-6-13)15-4-3-14(11-20)18-17(15)19/h3-4,10-13H,5-9H2,1-2H3. The van der Waals surface area contributed by atoms with Crippen LogP contribution < -0.4 is 0 Å². The molecule has 0 atom stereocenters. The third-order valence-electron chi connectivity index (χ3n) is 4.12. The molecule has 21 heavy (non-hydrogen) atoms. The topological polar surface area (TPSA) is 44.1 Å². The smallest absolute Gasteiger partial charge is 0.168 e. The maximum Gasteiger partial charge on any atom is 0.168 e. The van der Waals surface area contributed by atoms with Crippen LogP contribution in [0.4, 0.5) is 0 Å². The van der Waals surface area contributed by atoms with Crippen LogP contribution in [0.5, 0.6) is 0 Å². The van der Waals surface area contributed by atoms with Crippen LogP contribution in [0.15, 0.2) is 18.3 Å². The van der Waals surface area contributed by atoms with Crippen LogP contribution in [0, 0.1) is 5.92 Å². The number of ether oxygens (including phenoxy) is 1. The number of carbonyl (C=O) groups is 1. The molecule has 0 spiro atoms. The average molecular weight is 286 g/mol. The minimum Gasteiger partial charge on any atom is -0.381 e. The first-order valence-corrected chi connectivity index (χ1v) is 7.71. The Morgan fingerprint density at radius 1 is 1.38 bits per heavy atom. The van der Waals surface area contributed by atoms with Gasteiger partial charge in [-0.15, -0.1) is 0 Å². The van der Waals surface area contributed by atoms with Crippen molar-refractivity contribution >= 4 is 17.3 Å². The van der Waals surface area contributed by atoms with Crippen molar-refractivity contribution in [1.29, 1.82) is 0 Å². The zero-order valence-corrected chi connectivity index (χ0v) is 12.7. The predicted molar refractivity (Wildman–Crippen MR) is 82.8 cm³/mol. The van der Waals surface area contributed by atoms with Crippen LogP contribution in [0.25, 0.3) is 11.0 Å². The zero-order valence-electron chi connectivity index (χ0n) is 12.7. The van der Waals surface area contributed by atoms with Gasteiger partial charge in [-0.05, 0) is 42.4 Å². The Bertz CT molecular complexity index is 640. The first-order valence-electron chi connectivity index (χ1n) is 7.71. The molecule has 0 aliphatic carbocycles. The normalized spacial score (nSPS) is 16.7. The molecular formula is C17H22N2O2. The van der Waals surface area contributed by atoms with E-state index >= 15 is 0 Å². The number of fused-ring (bicyclic) bond motifs is 1. The van der Waals surface area contributed by atoms with Crippen molar-refractivity contribution in [2.24, 2.45) is 5.92 Å². The van der Waals surface area contributed by atoms with Crippen molar-refractivity contribution in [3.63, 3.8) is 0 Å². The van der Waals surface area contributed by atoms with Crippen molar-refractivity contribution in [3.05, 3.63) is 29.6 Å². The lowest BCUT2D eigenvalue weighted by Crippen LogP contribution is -2.13. The van der Waals surface area contributed by atoms with Gasteiger partial charge in [-0.25, -0.2) is 4.98 Å². The summed E-state index contributed by atoms with van der Waals surface area (Å²) in [6.45, 7) is 6.99. The Morgan fingerprint density at radius 2 is 2.14 bits per heavy atom. The van der Waals surface area contributed by atoms with E-state index in [1.807, 2.05) is 12.1 Å². The van der Waals surface area contributed by atoms with Gasteiger partial charge in [-0.3, -0.25) is 4.79 Å². The van der Waals surface area contributed by atoms with E-state index in [9.17, 15) is 4.79 Å². The summed E-state index contributed by atoms with van der Waals surface area (Å²) in [5, 5.41) is 1.19. The average Bonchev–Trinajstić information content (AvgIpc) is 2.85. The number of nitrogens with zero attached hydrogens (tertiary/aromatic N) is 2. The summed E-state index contributed by atoms with van der Waals surface area (Å²) < 4.78 is 7.68. The molecule has 0 saturated carbocycles. The zero-order chi connectivity index (χ0) is 14.8. The summed E-state index contributed by atoms with van der Waals surface area (Å²) in [5.74, 6) is 1.09. The predicted octanol–water partition coefficient (Wildman–Crippen LogP) is 3.40. The molecule has 3 heterocycles. The third kappa shape index (κ3) is 2.86. The molecule has 0 N–H and O–H groups in total.